The van der Waals surface area contributed by atoms with Crippen molar-refractivity contribution < 1.29 is 14.3 Å². The monoisotopic (exact) mass is 129 g/mol. The lowest BCUT2D eigenvalue weighted by Gasteiger charge is -2.17. The van der Waals surface area contributed by atoms with Gasteiger partial charge in [-0.3, -0.25) is 4.79 Å². The van der Waals surface area contributed by atoms with Crippen LogP contribution in [0.2, 0.25) is 0 Å². The second-order valence-corrected chi connectivity index (χ2v) is 1.97. The van der Waals surface area contributed by atoms with Crippen molar-refractivity contribution in [1.29, 1.82) is 0 Å². The van der Waals surface area contributed by atoms with Crippen LogP contribution in [0.3, 0.4) is 0 Å². The number of carbonyl (C=O) groups is 2. The Kier molecular flexibility index (Phi) is 1.38. The zero-order valence-electron chi connectivity index (χ0n) is 5.01. The summed E-state index contributed by atoms with van der Waals surface area (Å²) in [4.78, 5) is 20.7. The molecule has 1 fully saturated rings. The lowest BCUT2D eigenvalue weighted by Crippen LogP contribution is -2.46. The Bertz CT molecular complexity index is 154. The third-order valence-electron chi connectivity index (χ3n) is 1.03. The number of nitrogens with one attached hydrogen (secondary N) is 1. The van der Waals surface area contributed by atoms with Gasteiger partial charge in [-0.2, -0.15) is 0 Å². The van der Waals surface area contributed by atoms with Crippen LogP contribution in [0.15, 0.2) is 0 Å². The SMILES string of the molecule is CC1COC(=O)C(=O)N1. The minimum Gasteiger partial charge on any atom is -0.456 e. The highest BCUT2D eigenvalue weighted by Crippen LogP contribution is 1.92. The first-order valence-electron chi connectivity index (χ1n) is 2.68. The molecule has 1 rings (SSSR count). The maximum absolute atomic E-state index is 10.4. The molecule has 0 aliphatic carbocycles. The average Bonchev–Trinajstić information content (AvgIpc) is 1.80. The van der Waals surface area contributed by atoms with Crippen molar-refractivity contribution in [3.05, 3.63) is 0 Å². The fourth-order valence-corrected chi connectivity index (χ4v) is 0.591. The van der Waals surface area contributed by atoms with Crippen LogP contribution in [0.1, 0.15) is 6.92 Å². The highest BCUT2D eigenvalue weighted by atomic mass is 16.5. The van der Waals surface area contributed by atoms with Gasteiger partial charge in [-0.15, -0.1) is 0 Å². The number of carbonyl (C=O) groups excluding carboxylic acids is 2. The number of hydrogen-bond acceptors (Lipinski definition) is 3. The van der Waals surface area contributed by atoms with Gasteiger partial charge in [-0.25, -0.2) is 4.79 Å². The van der Waals surface area contributed by atoms with Crippen LogP contribution < -0.4 is 5.32 Å². The van der Waals surface area contributed by atoms with E-state index in [0.29, 0.717) is 0 Å². The number of ether oxygens (including phenoxy) is 1. The van der Waals surface area contributed by atoms with Crippen molar-refractivity contribution in [2.75, 3.05) is 6.61 Å². The summed E-state index contributed by atoms with van der Waals surface area (Å²) < 4.78 is 4.45. The second-order valence-electron chi connectivity index (χ2n) is 1.97. The molecule has 1 aliphatic rings. The topological polar surface area (TPSA) is 55.4 Å². The van der Waals surface area contributed by atoms with Gasteiger partial charge in [-0.1, -0.05) is 0 Å². The molecule has 0 aromatic rings. The van der Waals surface area contributed by atoms with E-state index < -0.39 is 11.9 Å². The molecule has 4 nitrogen and oxygen atoms in total. The molecule has 0 radical (unpaired) electrons. The van der Waals surface area contributed by atoms with E-state index in [4.69, 9.17) is 0 Å². The van der Waals surface area contributed by atoms with Crippen molar-refractivity contribution in [1.82, 2.24) is 5.32 Å². The summed E-state index contributed by atoms with van der Waals surface area (Å²) in [5.74, 6) is -1.43. The van der Waals surface area contributed by atoms with Crippen LogP contribution in [0.5, 0.6) is 0 Å². The Labute approximate surface area is 52.2 Å². The van der Waals surface area contributed by atoms with E-state index in [0.717, 1.165) is 0 Å². The van der Waals surface area contributed by atoms with E-state index in [9.17, 15) is 9.59 Å². The van der Waals surface area contributed by atoms with E-state index in [1.807, 2.05) is 0 Å². The molecule has 0 bridgehead atoms. The molecule has 0 spiro atoms. The minimum atomic E-state index is -0.784. The number of esters is 1. The van der Waals surface area contributed by atoms with Crippen LogP contribution >= 0.6 is 0 Å². The molecule has 1 saturated heterocycles. The molecule has 0 aromatic carbocycles. The number of hydrogen-bond donors (Lipinski definition) is 1. The van der Waals surface area contributed by atoms with Crippen molar-refractivity contribution in [3.8, 4) is 0 Å². The summed E-state index contributed by atoms with van der Waals surface area (Å²) in [5, 5.41) is 2.42. The molecule has 1 unspecified atom stereocenters. The highest BCUT2D eigenvalue weighted by molar-refractivity contribution is 6.32. The van der Waals surface area contributed by atoms with Crippen LogP contribution in [0.25, 0.3) is 0 Å². The summed E-state index contributed by atoms with van der Waals surface area (Å²) in [6.45, 7) is 2.05. The Hall–Kier alpha value is -1.06. The molecule has 0 saturated carbocycles. The Morgan fingerprint density at radius 3 is 2.78 bits per heavy atom. The van der Waals surface area contributed by atoms with Crippen LogP contribution in [-0.4, -0.2) is 24.5 Å². The quantitative estimate of drug-likeness (QED) is 0.339. The Balaban J connectivity index is 2.54. The zero-order chi connectivity index (χ0) is 6.85. The van der Waals surface area contributed by atoms with Crippen molar-refractivity contribution in [3.63, 3.8) is 0 Å². The van der Waals surface area contributed by atoms with Crippen LogP contribution in [-0.2, 0) is 14.3 Å². The van der Waals surface area contributed by atoms with Gasteiger partial charge in [0.1, 0.15) is 6.61 Å². The molecular weight excluding hydrogens is 122 g/mol. The molecule has 4 heteroatoms. The molecular formula is C5H7NO3. The number of amides is 1. The van der Waals surface area contributed by atoms with Crippen LogP contribution in [0, 0.1) is 0 Å². The van der Waals surface area contributed by atoms with E-state index in [2.05, 4.69) is 10.1 Å². The van der Waals surface area contributed by atoms with Gasteiger partial charge in [0.2, 0.25) is 0 Å². The predicted octanol–water partition coefficient (Wildman–Crippen LogP) is -0.952. The summed E-state index contributed by atoms with van der Waals surface area (Å²) >= 11 is 0. The fourth-order valence-electron chi connectivity index (χ4n) is 0.591. The summed E-state index contributed by atoms with van der Waals surface area (Å²) in [6, 6.07) is -0.0461. The van der Waals surface area contributed by atoms with E-state index >= 15 is 0 Å². The first-order chi connectivity index (χ1) is 4.20. The molecule has 50 valence electrons. The third-order valence-corrected chi connectivity index (χ3v) is 1.03. The third kappa shape index (κ3) is 1.19. The van der Waals surface area contributed by atoms with Gasteiger partial charge < -0.3 is 10.1 Å². The normalized spacial score (nSPS) is 27.0. The van der Waals surface area contributed by atoms with E-state index in [-0.39, 0.29) is 12.6 Å². The van der Waals surface area contributed by atoms with Gasteiger partial charge in [0.25, 0.3) is 0 Å². The van der Waals surface area contributed by atoms with Crippen LogP contribution in [0.4, 0.5) is 0 Å². The van der Waals surface area contributed by atoms with Gasteiger partial charge >= 0.3 is 11.9 Å². The van der Waals surface area contributed by atoms with Crippen molar-refractivity contribution in [2.24, 2.45) is 0 Å². The van der Waals surface area contributed by atoms with Gasteiger partial charge in [0.15, 0.2) is 0 Å². The molecule has 1 heterocycles. The second kappa shape index (κ2) is 2.05. The number of rotatable bonds is 0. The van der Waals surface area contributed by atoms with Gasteiger partial charge in [-0.05, 0) is 6.92 Å². The lowest BCUT2D eigenvalue weighted by molar-refractivity contribution is -0.159. The van der Waals surface area contributed by atoms with E-state index in [1.165, 1.54) is 0 Å². The molecule has 0 aromatic heterocycles. The maximum atomic E-state index is 10.4. The molecule has 1 aliphatic heterocycles. The standard InChI is InChI=1S/C5H7NO3/c1-3-2-9-5(8)4(7)6-3/h3H,2H2,1H3,(H,6,7). The van der Waals surface area contributed by atoms with Crippen molar-refractivity contribution >= 4 is 11.9 Å². The Morgan fingerprint density at radius 2 is 2.33 bits per heavy atom. The first kappa shape index (κ1) is 6.07. The van der Waals surface area contributed by atoms with Gasteiger partial charge in [0, 0.05) is 0 Å². The summed E-state index contributed by atoms with van der Waals surface area (Å²) in [7, 11) is 0. The fraction of sp³-hybridized carbons (Fsp3) is 0.600. The molecule has 1 atom stereocenters. The summed E-state index contributed by atoms with van der Waals surface area (Å²) in [5.41, 5.74) is 0. The zero-order valence-corrected chi connectivity index (χ0v) is 5.01. The number of morpholine rings is 1. The Morgan fingerprint density at radius 1 is 1.67 bits per heavy atom. The van der Waals surface area contributed by atoms with Crippen molar-refractivity contribution in [2.45, 2.75) is 13.0 Å². The lowest BCUT2D eigenvalue weighted by atomic mass is 10.3. The predicted molar refractivity (Wildman–Crippen MR) is 28.6 cm³/mol. The average molecular weight is 129 g/mol. The largest absolute Gasteiger partial charge is 0.456 e. The molecule has 9 heavy (non-hydrogen) atoms. The van der Waals surface area contributed by atoms with Gasteiger partial charge in [0.05, 0.1) is 6.04 Å². The maximum Gasteiger partial charge on any atom is 0.396 e. The van der Waals surface area contributed by atoms with E-state index in [1.54, 1.807) is 6.92 Å². The molecule has 1 N–H and O–H groups in total. The molecule has 1 amide bonds. The highest BCUT2D eigenvalue weighted by Gasteiger charge is 2.23. The number of cyclic esters (lactones) is 1. The smallest absolute Gasteiger partial charge is 0.396 e. The summed E-state index contributed by atoms with van der Waals surface area (Å²) in [6.07, 6.45) is 0. The first-order valence-corrected chi connectivity index (χ1v) is 2.68. The minimum absolute atomic E-state index is 0.0461.